The van der Waals surface area contributed by atoms with Crippen molar-refractivity contribution in [3.63, 3.8) is 0 Å². The van der Waals surface area contributed by atoms with Gasteiger partial charge < -0.3 is 4.90 Å². The number of hydrogen-bond acceptors (Lipinski definition) is 6. The van der Waals surface area contributed by atoms with Crippen LogP contribution in [0.5, 0.6) is 0 Å². The number of aliphatic imine (C=N–C) groups is 2. The van der Waals surface area contributed by atoms with Crippen molar-refractivity contribution in [1.29, 1.82) is 5.41 Å². The molecule has 1 N–H and O–H groups in total. The van der Waals surface area contributed by atoms with Gasteiger partial charge in [-0.1, -0.05) is 19.1 Å². The zero-order valence-electron chi connectivity index (χ0n) is 15.8. The minimum Gasteiger partial charge on any atom is -0.349 e. The molecule has 4 heterocycles. The molecule has 0 bridgehead atoms. The first kappa shape index (κ1) is 17.6. The van der Waals surface area contributed by atoms with Crippen molar-refractivity contribution in [2.24, 2.45) is 21.0 Å². The lowest BCUT2D eigenvalue weighted by Gasteiger charge is -2.30. The quantitative estimate of drug-likeness (QED) is 0.693. The number of nitrogens with one attached hydrogen (secondary N) is 1. The van der Waals surface area contributed by atoms with Crippen LogP contribution in [-0.4, -0.2) is 57.3 Å². The number of piperidine rings is 1. The van der Waals surface area contributed by atoms with E-state index in [1.807, 2.05) is 0 Å². The number of thioether (sulfide) groups is 1. The van der Waals surface area contributed by atoms with Crippen molar-refractivity contribution >= 4 is 39.6 Å². The molecule has 0 aromatic carbocycles. The standard InChI is InChI=1S/C20H22N6OS/c1-12-6-8-25(9-7-12)20-24-26-17(21)15(18(27)23-19(26)28-20)10-13-11-22-16-5-3-2-4-14(13)16/h2,4,10,12,21H,3,5-9,11H2,1H3. The fraction of sp³-hybridized carbons (Fsp3) is 0.450. The van der Waals surface area contributed by atoms with Crippen LogP contribution in [-0.2, 0) is 4.79 Å². The van der Waals surface area contributed by atoms with E-state index in [2.05, 4.69) is 39.1 Å². The Morgan fingerprint density at radius 2 is 2.11 bits per heavy atom. The van der Waals surface area contributed by atoms with Crippen LogP contribution in [0.3, 0.4) is 0 Å². The van der Waals surface area contributed by atoms with Crippen molar-refractivity contribution in [3.05, 3.63) is 34.9 Å². The lowest BCUT2D eigenvalue weighted by Crippen LogP contribution is -2.36. The minimum atomic E-state index is -0.367. The van der Waals surface area contributed by atoms with Crippen molar-refractivity contribution in [2.75, 3.05) is 19.6 Å². The number of hydrazone groups is 1. The second-order valence-corrected chi connectivity index (χ2v) is 8.65. The molecule has 28 heavy (non-hydrogen) atoms. The van der Waals surface area contributed by atoms with Gasteiger partial charge in [0.1, 0.15) is 0 Å². The van der Waals surface area contributed by atoms with Gasteiger partial charge in [-0.15, -0.1) is 5.10 Å². The van der Waals surface area contributed by atoms with Gasteiger partial charge in [0.25, 0.3) is 5.91 Å². The highest BCUT2D eigenvalue weighted by atomic mass is 32.2. The van der Waals surface area contributed by atoms with Crippen LogP contribution in [0.25, 0.3) is 0 Å². The average molecular weight is 395 g/mol. The monoisotopic (exact) mass is 394 g/mol. The first-order chi connectivity index (χ1) is 13.6. The summed E-state index contributed by atoms with van der Waals surface area (Å²) in [5, 5.41) is 16.0. The van der Waals surface area contributed by atoms with E-state index in [9.17, 15) is 4.79 Å². The summed E-state index contributed by atoms with van der Waals surface area (Å²) in [4.78, 5) is 23.7. The molecule has 1 aliphatic carbocycles. The molecule has 1 saturated heterocycles. The summed E-state index contributed by atoms with van der Waals surface area (Å²) >= 11 is 1.39. The molecular weight excluding hydrogens is 372 g/mol. The highest BCUT2D eigenvalue weighted by molar-refractivity contribution is 8.26. The number of carbonyl (C=O) groups excluding carboxylic acids is 1. The van der Waals surface area contributed by atoms with Crippen molar-refractivity contribution in [1.82, 2.24) is 9.91 Å². The Hall–Kier alpha value is -2.48. The van der Waals surface area contributed by atoms with Crippen LogP contribution in [0.1, 0.15) is 32.6 Å². The largest absolute Gasteiger partial charge is 0.349 e. The molecule has 0 aromatic heterocycles. The molecule has 0 aromatic rings. The molecule has 0 atom stereocenters. The van der Waals surface area contributed by atoms with Crippen LogP contribution in [0.2, 0.25) is 0 Å². The Balaban J connectivity index is 1.42. The average Bonchev–Trinajstić information content (AvgIpc) is 3.30. The number of fused-ring (bicyclic) bond motifs is 2. The topological polar surface area (TPSA) is 84.5 Å². The van der Waals surface area contributed by atoms with Gasteiger partial charge in [0.15, 0.2) is 11.0 Å². The third-order valence-electron chi connectivity index (χ3n) is 5.75. The Labute approximate surface area is 168 Å². The highest BCUT2D eigenvalue weighted by Crippen LogP contribution is 2.32. The van der Waals surface area contributed by atoms with Crippen LogP contribution in [0.4, 0.5) is 0 Å². The van der Waals surface area contributed by atoms with Crippen LogP contribution in [0, 0.1) is 11.3 Å². The maximum atomic E-state index is 12.6. The smallest absolute Gasteiger partial charge is 0.283 e. The number of allylic oxidation sites excluding steroid dienone is 3. The summed E-state index contributed by atoms with van der Waals surface area (Å²) in [5.74, 6) is 0.470. The molecule has 4 aliphatic heterocycles. The molecular formula is C20H22N6OS. The maximum absolute atomic E-state index is 12.6. The van der Waals surface area contributed by atoms with E-state index in [0.29, 0.717) is 17.3 Å². The van der Waals surface area contributed by atoms with Crippen LogP contribution in [0.15, 0.2) is 50.0 Å². The van der Waals surface area contributed by atoms with Crippen molar-refractivity contribution < 1.29 is 4.79 Å². The molecule has 0 radical (unpaired) electrons. The summed E-state index contributed by atoms with van der Waals surface area (Å²) < 4.78 is 0. The number of hydrogen-bond donors (Lipinski definition) is 1. The lowest BCUT2D eigenvalue weighted by atomic mass is 9.96. The molecule has 7 nitrogen and oxygen atoms in total. The zero-order valence-corrected chi connectivity index (χ0v) is 16.6. The zero-order chi connectivity index (χ0) is 19.3. The number of nitrogens with zero attached hydrogens (tertiary/aromatic N) is 5. The maximum Gasteiger partial charge on any atom is 0.283 e. The number of rotatable bonds is 1. The predicted molar refractivity (Wildman–Crippen MR) is 113 cm³/mol. The van der Waals surface area contributed by atoms with E-state index in [1.54, 1.807) is 6.08 Å². The molecule has 0 spiro atoms. The van der Waals surface area contributed by atoms with E-state index in [-0.39, 0.29) is 11.7 Å². The number of amidine groups is 3. The fourth-order valence-electron chi connectivity index (χ4n) is 3.98. The molecule has 0 saturated carbocycles. The van der Waals surface area contributed by atoms with E-state index in [1.165, 1.54) is 16.8 Å². The van der Waals surface area contributed by atoms with Crippen molar-refractivity contribution in [3.8, 4) is 0 Å². The molecule has 8 heteroatoms. The van der Waals surface area contributed by atoms with Gasteiger partial charge in [-0.25, -0.2) is 0 Å². The van der Waals surface area contributed by atoms with Gasteiger partial charge in [0, 0.05) is 24.4 Å². The van der Waals surface area contributed by atoms with Gasteiger partial charge in [-0.2, -0.15) is 10.0 Å². The number of likely N-dealkylation sites (tertiary alicyclic amines) is 1. The SMILES string of the molecule is CC1CCN(C2=NN3C(=N)C(=CC4=C5C=CCCC5=NC4)C(=O)N=C3S2)CC1. The summed E-state index contributed by atoms with van der Waals surface area (Å²) in [6, 6.07) is 0. The minimum absolute atomic E-state index is 0.101. The molecule has 0 unspecified atom stereocenters. The summed E-state index contributed by atoms with van der Waals surface area (Å²) in [6.45, 7) is 4.75. The van der Waals surface area contributed by atoms with Crippen LogP contribution < -0.4 is 0 Å². The first-order valence-corrected chi connectivity index (χ1v) is 10.6. The Bertz CT molecular complexity index is 946. The van der Waals surface area contributed by atoms with Crippen molar-refractivity contribution in [2.45, 2.75) is 32.6 Å². The normalized spacial score (nSPS) is 26.6. The Morgan fingerprint density at radius 1 is 1.29 bits per heavy atom. The Morgan fingerprint density at radius 3 is 2.93 bits per heavy atom. The number of amides is 1. The summed E-state index contributed by atoms with van der Waals surface area (Å²) in [7, 11) is 0. The molecule has 144 valence electrons. The highest BCUT2D eigenvalue weighted by Gasteiger charge is 2.38. The molecule has 5 rings (SSSR count). The van der Waals surface area contributed by atoms with Gasteiger partial charge in [0.05, 0.1) is 12.1 Å². The first-order valence-electron chi connectivity index (χ1n) is 9.78. The summed E-state index contributed by atoms with van der Waals surface area (Å²) in [5.41, 5.74) is 3.47. The third kappa shape index (κ3) is 2.96. The van der Waals surface area contributed by atoms with Crippen LogP contribution >= 0.6 is 11.8 Å². The molecule has 1 fully saturated rings. The second-order valence-electron chi connectivity index (χ2n) is 7.72. The van der Waals surface area contributed by atoms with Gasteiger partial charge in [-0.05, 0) is 55.0 Å². The molecule has 1 amide bonds. The van der Waals surface area contributed by atoms with E-state index < -0.39 is 0 Å². The lowest BCUT2D eigenvalue weighted by molar-refractivity contribution is -0.114. The molecule has 5 aliphatic rings. The van der Waals surface area contributed by atoms with Gasteiger partial charge >= 0.3 is 0 Å². The second kappa shape index (κ2) is 6.84. The van der Waals surface area contributed by atoms with E-state index in [0.717, 1.165) is 66.7 Å². The van der Waals surface area contributed by atoms with Gasteiger partial charge in [-0.3, -0.25) is 15.2 Å². The number of carbonyl (C=O) groups is 1. The van der Waals surface area contributed by atoms with Gasteiger partial charge in [0.2, 0.25) is 5.17 Å². The predicted octanol–water partition coefficient (Wildman–Crippen LogP) is 2.94. The van der Waals surface area contributed by atoms with E-state index >= 15 is 0 Å². The Kier molecular flexibility index (Phi) is 4.30. The van der Waals surface area contributed by atoms with E-state index in [4.69, 9.17) is 5.41 Å². The fourth-order valence-corrected chi connectivity index (χ4v) is 4.93. The third-order valence-corrected chi connectivity index (χ3v) is 6.72. The summed E-state index contributed by atoms with van der Waals surface area (Å²) in [6.07, 6.45) is 10.2.